The number of piperazine rings is 1. The van der Waals surface area contributed by atoms with Gasteiger partial charge in [0.25, 0.3) is 5.91 Å². The zero-order valence-corrected chi connectivity index (χ0v) is 12.2. The Labute approximate surface area is 124 Å². The van der Waals surface area contributed by atoms with Crippen molar-refractivity contribution in [2.24, 2.45) is 0 Å². The highest BCUT2D eigenvalue weighted by Crippen LogP contribution is 2.36. The third kappa shape index (κ3) is 2.37. The lowest BCUT2D eigenvalue weighted by atomic mass is 9.79. The van der Waals surface area contributed by atoms with Crippen molar-refractivity contribution in [1.82, 2.24) is 5.32 Å². The summed E-state index contributed by atoms with van der Waals surface area (Å²) < 4.78 is 5.33. The van der Waals surface area contributed by atoms with Gasteiger partial charge in [-0.1, -0.05) is 31.4 Å². The smallest absolute Gasteiger partial charge is 0.253 e. The predicted molar refractivity (Wildman–Crippen MR) is 79.3 cm³/mol. The Morgan fingerprint density at radius 1 is 1.14 bits per heavy atom. The molecule has 1 N–H and O–H groups in total. The first-order valence-corrected chi connectivity index (χ1v) is 7.42. The average Bonchev–Trinajstić information content (AvgIpc) is 2.52. The topological polar surface area (TPSA) is 58.6 Å². The van der Waals surface area contributed by atoms with Crippen molar-refractivity contribution >= 4 is 17.5 Å². The molecular weight excluding hydrogens is 268 g/mol. The van der Waals surface area contributed by atoms with Crippen LogP contribution >= 0.6 is 0 Å². The Morgan fingerprint density at radius 3 is 2.57 bits per heavy atom. The molecule has 1 aromatic carbocycles. The van der Waals surface area contributed by atoms with Crippen LogP contribution in [0.15, 0.2) is 24.3 Å². The first kappa shape index (κ1) is 13.9. The van der Waals surface area contributed by atoms with Gasteiger partial charge in [0.1, 0.15) is 17.8 Å². The van der Waals surface area contributed by atoms with Crippen LogP contribution in [-0.2, 0) is 9.59 Å². The number of hydrogen-bond donors (Lipinski definition) is 1. The van der Waals surface area contributed by atoms with Gasteiger partial charge in [-0.3, -0.25) is 14.5 Å². The van der Waals surface area contributed by atoms with E-state index in [9.17, 15) is 9.59 Å². The van der Waals surface area contributed by atoms with E-state index in [1.165, 1.54) is 0 Å². The molecule has 2 aliphatic rings. The molecule has 5 nitrogen and oxygen atoms in total. The van der Waals surface area contributed by atoms with E-state index in [0.29, 0.717) is 11.4 Å². The van der Waals surface area contributed by atoms with E-state index in [0.717, 1.165) is 32.1 Å². The van der Waals surface area contributed by atoms with Crippen molar-refractivity contribution < 1.29 is 14.3 Å². The van der Waals surface area contributed by atoms with Gasteiger partial charge >= 0.3 is 0 Å². The summed E-state index contributed by atoms with van der Waals surface area (Å²) in [6, 6.07) is 7.34. The highest BCUT2D eigenvalue weighted by molar-refractivity contribution is 6.09. The Bertz CT molecular complexity index is 564. The monoisotopic (exact) mass is 288 g/mol. The SMILES string of the molecule is COc1ccccc1N1CC(=O)NC2(CCCCC2)C1=O. The Kier molecular flexibility index (Phi) is 3.57. The van der Waals surface area contributed by atoms with Crippen molar-refractivity contribution in [2.75, 3.05) is 18.6 Å². The first-order valence-electron chi connectivity index (χ1n) is 7.42. The molecule has 1 saturated carbocycles. The number of para-hydroxylation sites is 2. The van der Waals surface area contributed by atoms with Crippen LogP contribution < -0.4 is 15.0 Å². The molecule has 1 heterocycles. The molecule has 5 heteroatoms. The molecule has 0 bridgehead atoms. The van der Waals surface area contributed by atoms with Gasteiger partial charge < -0.3 is 10.1 Å². The summed E-state index contributed by atoms with van der Waals surface area (Å²) in [4.78, 5) is 26.7. The summed E-state index contributed by atoms with van der Waals surface area (Å²) in [5.41, 5.74) is -0.0427. The van der Waals surface area contributed by atoms with Gasteiger partial charge in [0, 0.05) is 0 Å². The predicted octanol–water partition coefficient (Wildman–Crippen LogP) is 1.86. The highest BCUT2D eigenvalue weighted by atomic mass is 16.5. The number of ether oxygens (including phenoxy) is 1. The number of amides is 2. The quantitative estimate of drug-likeness (QED) is 0.903. The maximum absolute atomic E-state index is 13.0. The largest absolute Gasteiger partial charge is 0.495 e. The molecule has 1 aliphatic carbocycles. The number of carbonyl (C=O) groups excluding carboxylic acids is 2. The highest BCUT2D eigenvalue weighted by Gasteiger charge is 2.47. The second-order valence-corrected chi connectivity index (χ2v) is 5.75. The number of hydrogen-bond acceptors (Lipinski definition) is 3. The molecule has 1 saturated heterocycles. The van der Waals surface area contributed by atoms with Crippen LogP contribution in [0.5, 0.6) is 5.75 Å². The maximum atomic E-state index is 13.0. The summed E-state index contributed by atoms with van der Waals surface area (Å²) in [5, 5.41) is 2.95. The lowest BCUT2D eigenvalue weighted by Crippen LogP contribution is -2.67. The van der Waals surface area contributed by atoms with Gasteiger partial charge in [0.05, 0.1) is 12.8 Å². The summed E-state index contributed by atoms with van der Waals surface area (Å²) in [6.07, 6.45) is 4.53. The van der Waals surface area contributed by atoms with Crippen molar-refractivity contribution in [3.8, 4) is 5.75 Å². The Hall–Kier alpha value is -2.04. The van der Waals surface area contributed by atoms with Gasteiger partial charge in [-0.25, -0.2) is 0 Å². The standard InChI is InChI=1S/C16H20N2O3/c1-21-13-8-4-3-7-12(13)18-11-14(19)17-16(15(18)20)9-5-2-6-10-16/h3-4,7-8H,2,5-6,9-11H2,1H3,(H,17,19). The molecule has 1 spiro atoms. The van der Waals surface area contributed by atoms with Crippen LogP contribution in [0.2, 0.25) is 0 Å². The van der Waals surface area contributed by atoms with E-state index in [4.69, 9.17) is 4.74 Å². The van der Waals surface area contributed by atoms with E-state index >= 15 is 0 Å². The number of methoxy groups -OCH3 is 1. The van der Waals surface area contributed by atoms with E-state index < -0.39 is 5.54 Å². The normalized spacial score (nSPS) is 21.3. The third-order valence-electron chi connectivity index (χ3n) is 4.42. The fraction of sp³-hybridized carbons (Fsp3) is 0.500. The summed E-state index contributed by atoms with van der Waals surface area (Å²) in [5.74, 6) is 0.514. The molecule has 0 radical (unpaired) electrons. The van der Waals surface area contributed by atoms with Crippen LogP contribution in [0.1, 0.15) is 32.1 Å². The van der Waals surface area contributed by atoms with Crippen molar-refractivity contribution in [3.63, 3.8) is 0 Å². The van der Waals surface area contributed by atoms with Crippen LogP contribution in [0.4, 0.5) is 5.69 Å². The third-order valence-corrected chi connectivity index (χ3v) is 4.42. The fourth-order valence-corrected chi connectivity index (χ4v) is 3.38. The average molecular weight is 288 g/mol. The van der Waals surface area contributed by atoms with Crippen LogP contribution in [0.25, 0.3) is 0 Å². The number of rotatable bonds is 2. The molecule has 0 aromatic heterocycles. The van der Waals surface area contributed by atoms with Gasteiger partial charge in [-0.05, 0) is 25.0 Å². The number of nitrogens with zero attached hydrogens (tertiary/aromatic N) is 1. The van der Waals surface area contributed by atoms with Crippen molar-refractivity contribution in [3.05, 3.63) is 24.3 Å². The zero-order valence-electron chi connectivity index (χ0n) is 12.2. The van der Waals surface area contributed by atoms with Gasteiger partial charge in [-0.15, -0.1) is 0 Å². The molecule has 2 fully saturated rings. The summed E-state index contributed by atoms with van der Waals surface area (Å²) in [6.45, 7) is 0.0565. The molecule has 21 heavy (non-hydrogen) atoms. The number of benzene rings is 1. The van der Waals surface area contributed by atoms with Crippen molar-refractivity contribution in [2.45, 2.75) is 37.6 Å². The van der Waals surface area contributed by atoms with E-state index in [-0.39, 0.29) is 18.4 Å². The van der Waals surface area contributed by atoms with Gasteiger partial charge in [-0.2, -0.15) is 0 Å². The molecule has 1 aromatic rings. The minimum atomic E-state index is -0.714. The number of nitrogens with one attached hydrogen (secondary N) is 1. The van der Waals surface area contributed by atoms with E-state index in [1.54, 1.807) is 12.0 Å². The van der Waals surface area contributed by atoms with E-state index in [2.05, 4.69) is 5.32 Å². The molecule has 1 aliphatic heterocycles. The minimum absolute atomic E-state index is 0.00806. The zero-order chi connectivity index (χ0) is 14.9. The number of carbonyl (C=O) groups is 2. The Balaban J connectivity index is 1.98. The molecule has 3 rings (SSSR count). The maximum Gasteiger partial charge on any atom is 0.253 e. The molecule has 2 amide bonds. The molecule has 112 valence electrons. The second-order valence-electron chi connectivity index (χ2n) is 5.75. The molecule has 0 atom stereocenters. The van der Waals surface area contributed by atoms with Crippen LogP contribution in [-0.4, -0.2) is 31.0 Å². The molecule has 0 unspecified atom stereocenters. The molecular formula is C16H20N2O3. The van der Waals surface area contributed by atoms with E-state index in [1.807, 2.05) is 24.3 Å². The van der Waals surface area contributed by atoms with Gasteiger partial charge in [0.2, 0.25) is 5.91 Å². The summed E-state index contributed by atoms with van der Waals surface area (Å²) in [7, 11) is 1.57. The lowest BCUT2D eigenvalue weighted by molar-refractivity contribution is -0.137. The van der Waals surface area contributed by atoms with Crippen LogP contribution in [0.3, 0.4) is 0 Å². The van der Waals surface area contributed by atoms with Crippen molar-refractivity contribution in [1.29, 1.82) is 0 Å². The Morgan fingerprint density at radius 2 is 1.86 bits per heavy atom. The first-order chi connectivity index (χ1) is 10.2. The fourth-order valence-electron chi connectivity index (χ4n) is 3.38. The van der Waals surface area contributed by atoms with Crippen LogP contribution in [0, 0.1) is 0 Å². The van der Waals surface area contributed by atoms with Gasteiger partial charge in [0.15, 0.2) is 0 Å². The summed E-state index contributed by atoms with van der Waals surface area (Å²) >= 11 is 0. The number of anilines is 1. The minimum Gasteiger partial charge on any atom is -0.495 e. The second kappa shape index (κ2) is 5.39. The lowest BCUT2D eigenvalue weighted by Gasteiger charge is -2.44.